The van der Waals surface area contributed by atoms with E-state index in [1.807, 2.05) is 0 Å². The Labute approximate surface area is 123 Å². The molecule has 2 aliphatic rings. The Morgan fingerprint density at radius 2 is 1.95 bits per heavy atom. The first kappa shape index (κ1) is 16.2. The molecule has 3 heterocycles. The van der Waals surface area contributed by atoms with Crippen LogP contribution in [-0.4, -0.2) is 23.8 Å². The average molecular weight is 331 g/mol. The molecule has 0 radical (unpaired) electrons. The smallest absolute Gasteiger partial charge is 0.459 e. The Balaban J connectivity index is 0.00000161. The van der Waals surface area contributed by atoms with Crippen LogP contribution < -0.4 is 10.1 Å². The maximum atomic E-state index is 13.2. The van der Waals surface area contributed by atoms with Crippen LogP contribution in [-0.2, 0) is 5.92 Å². The lowest BCUT2D eigenvalue weighted by Crippen LogP contribution is -2.36. The number of nitrogens with zero attached hydrogens (tertiary/aromatic N) is 1. The summed E-state index contributed by atoms with van der Waals surface area (Å²) in [4.78, 5) is 3.29. The summed E-state index contributed by atoms with van der Waals surface area (Å²) in [5.74, 6) is -4.92. The van der Waals surface area contributed by atoms with Crippen molar-refractivity contribution in [1.29, 1.82) is 0 Å². The molecule has 0 bridgehead atoms. The molecule has 21 heavy (non-hydrogen) atoms. The summed E-state index contributed by atoms with van der Waals surface area (Å²) in [5, 5.41) is 3.15. The number of piperidine rings is 1. The van der Waals surface area contributed by atoms with Crippen molar-refractivity contribution in [2.75, 3.05) is 6.54 Å². The van der Waals surface area contributed by atoms with E-state index in [1.54, 1.807) is 0 Å². The Morgan fingerprint density at radius 1 is 1.24 bits per heavy atom. The molecule has 1 saturated heterocycles. The van der Waals surface area contributed by atoms with Crippen molar-refractivity contribution in [3.8, 4) is 5.75 Å². The summed E-state index contributed by atoms with van der Waals surface area (Å²) in [5.41, 5.74) is -0.793. The van der Waals surface area contributed by atoms with E-state index in [2.05, 4.69) is 10.3 Å². The minimum atomic E-state index is -5.67. The van der Waals surface area contributed by atoms with Crippen LogP contribution >= 0.6 is 12.4 Å². The molecule has 9 heteroatoms. The predicted molar refractivity (Wildman–Crippen MR) is 65.8 cm³/mol. The summed E-state index contributed by atoms with van der Waals surface area (Å²) < 4.78 is 68.9. The van der Waals surface area contributed by atoms with Crippen molar-refractivity contribution >= 4 is 12.4 Å². The quantitative estimate of drug-likeness (QED) is 0.802. The van der Waals surface area contributed by atoms with Crippen LogP contribution in [0.5, 0.6) is 5.75 Å². The van der Waals surface area contributed by atoms with E-state index in [1.165, 1.54) is 0 Å². The maximum Gasteiger partial charge on any atom is 0.459 e. The molecule has 0 amide bonds. The Morgan fingerprint density at radius 3 is 2.62 bits per heavy atom. The first-order valence-corrected chi connectivity index (χ1v) is 6.16. The molecule has 118 valence electrons. The van der Waals surface area contributed by atoms with E-state index >= 15 is 0 Å². The van der Waals surface area contributed by atoms with E-state index in [-0.39, 0.29) is 30.3 Å². The van der Waals surface area contributed by atoms with Crippen molar-refractivity contribution in [3.63, 3.8) is 0 Å². The van der Waals surface area contributed by atoms with Crippen molar-refractivity contribution < 1.29 is 26.7 Å². The van der Waals surface area contributed by atoms with Crippen molar-refractivity contribution in [1.82, 2.24) is 10.3 Å². The molecule has 2 aliphatic heterocycles. The van der Waals surface area contributed by atoms with Gasteiger partial charge in [0.1, 0.15) is 17.5 Å². The fourth-order valence-electron chi connectivity index (χ4n) is 2.56. The largest absolute Gasteiger partial charge is 0.488 e. The molecule has 3 nitrogen and oxygen atoms in total. The molecule has 0 spiro atoms. The van der Waals surface area contributed by atoms with Gasteiger partial charge in [0.15, 0.2) is 0 Å². The Hall–Kier alpha value is -1.15. The van der Waals surface area contributed by atoms with Crippen LogP contribution in [0.4, 0.5) is 22.0 Å². The zero-order valence-electron chi connectivity index (χ0n) is 10.6. The van der Waals surface area contributed by atoms with Crippen molar-refractivity contribution in [3.05, 3.63) is 23.5 Å². The number of fused-ring (bicyclic) bond motifs is 3. The van der Waals surface area contributed by atoms with E-state index in [0.717, 1.165) is 25.6 Å². The number of alkyl halides is 5. The van der Waals surface area contributed by atoms with Gasteiger partial charge >= 0.3 is 12.1 Å². The number of nitrogens with one attached hydrogen (secondary N) is 1. The van der Waals surface area contributed by atoms with Crippen LogP contribution in [0.3, 0.4) is 0 Å². The molecule has 1 fully saturated rings. The highest BCUT2D eigenvalue weighted by Gasteiger charge is 2.60. The third-order valence-electron chi connectivity index (χ3n) is 3.59. The molecule has 3 rings (SSSR count). The number of rotatable bonds is 1. The first-order valence-electron chi connectivity index (χ1n) is 6.16. The van der Waals surface area contributed by atoms with Crippen LogP contribution in [0.15, 0.2) is 12.3 Å². The molecule has 0 aliphatic carbocycles. The van der Waals surface area contributed by atoms with Gasteiger partial charge in [0.2, 0.25) is 0 Å². The van der Waals surface area contributed by atoms with Gasteiger partial charge in [0, 0.05) is 17.8 Å². The fourth-order valence-corrected chi connectivity index (χ4v) is 2.56. The fraction of sp³-hybridized carbons (Fsp3) is 0.583. The van der Waals surface area contributed by atoms with Crippen LogP contribution in [0.2, 0.25) is 0 Å². The molecular weight excluding hydrogens is 319 g/mol. The van der Waals surface area contributed by atoms with Gasteiger partial charge in [0.05, 0.1) is 6.04 Å². The second kappa shape index (κ2) is 5.24. The number of ether oxygens (including phenoxy) is 1. The summed E-state index contributed by atoms with van der Waals surface area (Å²) in [6, 6.07) is 0.517. The Bertz CT molecular complexity index is 537. The summed E-state index contributed by atoms with van der Waals surface area (Å²) in [6.45, 7) is 0.754. The molecule has 1 aromatic rings. The van der Waals surface area contributed by atoms with Crippen LogP contribution in [0, 0.1) is 0 Å². The lowest BCUT2D eigenvalue weighted by atomic mass is 9.98. The molecule has 0 saturated carbocycles. The maximum absolute atomic E-state index is 13.2. The lowest BCUT2D eigenvalue weighted by Gasteiger charge is -2.25. The summed E-state index contributed by atoms with van der Waals surface area (Å²) >= 11 is 0. The van der Waals surface area contributed by atoms with Gasteiger partial charge in [-0.25, -0.2) is 0 Å². The minimum Gasteiger partial charge on any atom is -0.488 e. The predicted octanol–water partition coefficient (Wildman–Crippen LogP) is 3.34. The summed E-state index contributed by atoms with van der Waals surface area (Å²) in [7, 11) is 0. The third kappa shape index (κ3) is 2.55. The highest BCUT2D eigenvalue weighted by atomic mass is 35.5. The number of hydrogen-bond acceptors (Lipinski definition) is 3. The standard InChI is InChI=1S/C12H11F5N2O.ClH/c13-11(14,12(15,16)17)9-4-8-6(5-19-9)10-7(20-8)2-1-3-18-10;/h4-5,7,10,18H,1-3H2;1H/t7-,10-;/m0./s1. The van der Waals surface area contributed by atoms with Crippen molar-refractivity contribution in [2.45, 2.75) is 37.1 Å². The molecule has 0 aromatic carbocycles. The van der Waals surface area contributed by atoms with Gasteiger partial charge < -0.3 is 10.1 Å². The Kier molecular flexibility index (Phi) is 4.05. The third-order valence-corrected chi connectivity index (χ3v) is 3.59. The van der Waals surface area contributed by atoms with E-state index in [9.17, 15) is 22.0 Å². The SMILES string of the molecule is Cl.FC(F)(F)C(F)(F)c1cc2c(cn1)[C@@H]1NCCC[C@@H]1O2. The monoisotopic (exact) mass is 330 g/mol. The second-order valence-electron chi connectivity index (χ2n) is 4.91. The van der Waals surface area contributed by atoms with Gasteiger partial charge in [-0.1, -0.05) is 0 Å². The molecule has 0 unspecified atom stereocenters. The van der Waals surface area contributed by atoms with E-state index < -0.39 is 17.8 Å². The summed E-state index contributed by atoms with van der Waals surface area (Å²) in [6.07, 6.45) is -3.24. The molecular formula is C12H12ClF5N2O. The van der Waals surface area contributed by atoms with Gasteiger partial charge in [-0.3, -0.25) is 4.98 Å². The number of hydrogen-bond donors (Lipinski definition) is 1. The van der Waals surface area contributed by atoms with Gasteiger partial charge in [0.25, 0.3) is 0 Å². The number of pyridine rings is 1. The van der Waals surface area contributed by atoms with Crippen LogP contribution in [0.1, 0.15) is 30.1 Å². The molecule has 1 aromatic heterocycles. The zero-order valence-corrected chi connectivity index (χ0v) is 11.4. The van der Waals surface area contributed by atoms with Gasteiger partial charge in [-0.05, 0) is 19.4 Å². The van der Waals surface area contributed by atoms with Gasteiger partial charge in [-0.15, -0.1) is 12.4 Å². The van der Waals surface area contributed by atoms with Crippen LogP contribution in [0.25, 0.3) is 0 Å². The molecule has 1 N–H and O–H groups in total. The number of aromatic nitrogens is 1. The topological polar surface area (TPSA) is 34.2 Å². The highest BCUT2D eigenvalue weighted by Crippen LogP contribution is 2.46. The normalized spacial score (nSPS) is 24.6. The second-order valence-corrected chi connectivity index (χ2v) is 4.91. The average Bonchev–Trinajstić information content (AvgIpc) is 2.74. The molecule has 2 atom stereocenters. The zero-order chi connectivity index (χ0) is 14.5. The minimum absolute atomic E-state index is 0. The van der Waals surface area contributed by atoms with Gasteiger partial charge in [-0.2, -0.15) is 22.0 Å². The van der Waals surface area contributed by atoms with Crippen molar-refractivity contribution in [2.24, 2.45) is 0 Å². The van der Waals surface area contributed by atoms with E-state index in [0.29, 0.717) is 11.6 Å². The first-order chi connectivity index (χ1) is 9.30. The number of halogens is 6. The van der Waals surface area contributed by atoms with E-state index in [4.69, 9.17) is 4.74 Å². The lowest BCUT2D eigenvalue weighted by molar-refractivity contribution is -0.291. The highest BCUT2D eigenvalue weighted by molar-refractivity contribution is 5.85.